The average Bonchev–Trinajstić information content (AvgIpc) is 2.62. The lowest BCUT2D eigenvalue weighted by molar-refractivity contribution is -0.118. The SMILES string of the molecule is Cc1cnc(C(=O)N2CCC3(CC2)CC(=O)Nc2ccccc23)cn1. The van der Waals surface area contributed by atoms with Gasteiger partial charge in [-0.05, 0) is 31.4 Å². The number of rotatable bonds is 1. The van der Waals surface area contributed by atoms with Gasteiger partial charge in [0.1, 0.15) is 5.69 Å². The van der Waals surface area contributed by atoms with Crippen molar-refractivity contribution in [1.29, 1.82) is 0 Å². The van der Waals surface area contributed by atoms with Gasteiger partial charge in [0, 0.05) is 36.8 Å². The molecule has 0 bridgehead atoms. The van der Waals surface area contributed by atoms with Gasteiger partial charge in [0.2, 0.25) is 5.91 Å². The number of hydrogen-bond acceptors (Lipinski definition) is 4. The second kappa shape index (κ2) is 5.95. The fourth-order valence-electron chi connectivity index (χ4n) is 3.90. The van der Waals surface area contributed by atoms with Gasteiger partial charge >= 0.3 is 0 Å². The van der Waals surface area contributed by atoms with Crippen LogP contribution in [0.3, 0.4) is 0 Å². The van der Waals surface area contributed by atoms with E-state index in [1.807, 2.05) is 30.0 Å². The maximum Gasteiger partial charge on any atom is 0.274 e. The summed E-state index contributed by atoms with van der Waals surface area (Å²) in [6, 6.07) is 8.00. The van der Waals surface area contributed by atoms with Crippen LogP contribution in [0.1, 0.15) is 41.0 Å². The van der Waals surface area contributed by atoms with Crippen LogP contribution in [-0.2, 0) is 10.2 Å². The van der Waals surface area contributed by atoms with Crippen LogP contribution in [0.2, 0.25) is 0 Å². The molecular weight excluding hydrogens is 316 g/mol. The van der Waals surface area contributed by atoms with Crippen molar-refractivity contribution < 1.29 is 9.59 Å². The summed E-state index contributed by atoms with van der Waals surface area (Å²) in [5.74, 6) is -0.0289. The molecule has 1 saturated heterocycles. The summed E-state index contributed by atoms with van der Waals surface area (Å²) in [5.41, 5.74) is 3.09. The zero-order chi connectivity index (χ0) is 17.4. The van der Waals surface area contributed by atoms with Crippen molar-refractivity contribution in [3.8, 4) is 0 Å². The topological polar surface area (TPSA) is 75.2 Å². The van der Waals surface area contributed by atoms with E-state index in [4.69, 9.17) is 0 Å². The number of piperidine rings is 1. The Balaban J connectivity index is 1.54. The molecule has 1 aromatic heterocycles. The number of anilines is 1. The molecule has 0 aliphatic carbocycles. The van der Waals surface area contributed by atoms with E-state index >= 15 is 0 Å². The molecule has 25 heavy (non-hydrogen) atoms. The van der Waals surface area contributed by atoms with Gasteiger partial charge in [-0.25, -0.2) is 4.98 Å². The van der Waals surface area contributed by atoms with E-state index in [1.165, 1.54) is 11.8 Å². The van der Waals surface area contributed by atoms with E-state index in [2.05, 4.69) is 21.4 Å². The van der Waals surface area contributed by atoms with Gasteiger partial charge in [-0.15, -0.1) is 0 Å². The second-order valence-corrected chi connectivity index (χ2v) is 6.89. The zero-order valence-corrected chi connectivity index (χ0v) is 14.2. The fraction of sp³-hybridized carbons (Fsp3) is 0.368. The third-order valence-corrected chi connectivity index (χ3v) is 5.28. The Kier molecular flexibility index (Phi) is 3.75. The van der Waals surface area contributed by atoms with Crippen LogP contribution in [-0.4, -0.2) is 39.8 Å². The predicted octanol–water partition coefficient (Wildman–Crippen LogP) is 2.30. The lowest BCUT2D eigenvalue weighted by Gasteiger charge is -2.44. The molecule has 2 aromatic rings. The van der Waals surface area contributed by atoms with E-state index in [1.54, 1.807) is 6.20 Å². The molecule has 1 aromatic carbocycles. The first-order chi connectivity index (χ1) is 12.1. The van der Waals surface area contributed by atoms with Gasteiger partial charge in [0.25, 0.3) is 5.91 Å². The summed E-state index contributed by atoms with van der Waals surface area (Å²) < 4.78 is 0. The molecule has 2 amide bonds. The summed E-state index contributed by atoms with van der Waals surface area (Å²) >= 11 is 0. The number of hydrogen-bond donors (Lipinski definition) is 1. The normalized spacial score (nSPS) is 18.6. The van der Waals surface area contributed by atoms with Gasteiger partial charge < -0.3 is 10.2 Å². The molecule has 0 atom stereocenters. The number of likely N-dealkylation sites (tertiary alicyclic amines) is 1. The summed E-state index contributed by atoms with van der Waals surface area (Å²) in [6.07, 6.45) is 5.19. The molecule has 0 radical (unpaired) electrons. The minimum absolute atomic E-state index is 0.0582. The van der Waals surface area contributed by atoms with Crippen LogP contribution in [0, 0.1) is 6.92 Å². The van der Waals surface area contributed by atoms with Crippen LogP contribution in [0.5, 0.6) is 0 Å². The fourth-order valence-corrected chi connectivity index (χ4v) is 3.90. The first kappa shape index (κ1) is 15.7. The summed E-state index contributed by atoms with van der Waals surface area (Å²) in [7, 11) is 0. The van der Waals surface area contributed by atoms with Crippen molar-refractivity contribution in [1.82, 2.24) is 14.9 Å². The van der Waals surface area contributed by atoms with Crippen LogP contribution in [0.25, 0.3) is 0 Å². The number of nitrogens with one attached hydrogen (secondary N) is 1. The molecule has 0 saturated carbocycles. The molecule has 6 heteroatoms. The van der Waals surface area contributed by atoms with Crippen molar-refractivity contribution in [2.24, 2.45) is 0 Å². The Bertz CT molecular complexity index is 824. The number of nitrogens with zero attached hydrogens (tertiary/aromatic N) is 3. The summed E-state index contributed by atoms with van der Waals surface area (Å²) in [6.45, 7) is 3.09. The molecule has 1 fully saturated rings. The van der Waals surface area contributed by atoms with Crippen molar-refractivity contribution in [3.63, 3.8) is 0 Å². The third-order valence-electron chi connectivity index (χ3n) is 5.28. The Hall–Kier alpha value is -2.76. The minimum Gasteiger partial charge on any atom is -0.337 e. The Labute approximate surface area is 146 Å². The zero-order valence-electron chi connectivity index (χ0n) is 14.2. The highest BCUT2D eigenvalue weighted by atomic mass is 16.2. The van der Waals surface area contributed by atoms with Crippen LogP contribution >= 0.6 is 0 Å². The molecule has 2 aliphatic rings. The Morgan fingerprint density at radius 1 is 1.16 bits per heavy atom. The van der Waals surface area contributed by atoms with Crippen molar-refractivity contribution in [3.05, 3.63) is 53.6 Å². The minimum atomic E-state index is -0.172. The van der Waals surface area contributed by atoms with Crippen LogP contribution < -0.4 is 5.32 Å². The highest BCUT2D eigenvalue weighted by molar-refractivity contribution is 5.96. The number of aromatic nitrogens is 2. The smallest absolute Gasteiger partial charge is 0.274 e. The average molecular weight is 336 g/mol. The van der Waals surface area contributed by atoms with Gasteiger partial charge in [-0.3, -0.25) is 14.6 Å². The Morgan fingerprint density at radius 3 is 2.64 bits per heavy atom. The van der Waals surface area contributed by atoms with Gasteiger partial charge in [0.05, 0.1) is 11.9 Å². The van der Waals surface area contributed by atoms with Crippen molar-refractivity contribution in [2.45, 2.75) is 31.6 Å². The molecule has 3 heterocycles. The number of para-hydroxylation sites is 1. The van der Waals surface area contributed by atoms with Crippen LogP contribution in [0.15, 0.2) is 36.7 Å². The molecule has 128 valence electrons. The van der Waals surface area contributed by atoms with Gasteiger partial charge in [-0.1, -0.05) is 18.2 Å². The summed E-state index contributed by atoms with van der Waals surface area (Å²) in [4.78, 5) is 35.0. The first-order valence-corrected chi connectivity index (χ1v) is 8.55. The lowest BCUT2D eigenvalue weighted by Crippen LogP contribution is -2.48. The molecule has 1 N–H and O–H groups in total. The molecule has 1 spiro atoms. The third kappa shape index (κ3) is 2.77. The van der Waals surface area contributed by atoms with Gasteiger partial charge in [-0.2, -0.15) is 0 Å². The quantitative estimate of drug-likeness (QED) is 0.867. The largest absolute Gasteiger partial charge is 0.337 e. The summed E-state index contributed by atoms with van der Waals surface area (Å²) in [5, 5.41) is 2.96. The number of carbonyl (C=O) groups excluding carboxylic acids is 2. The maximum atomic E-state index is 12.6. The lowest BCUT2D eigenvalue weighted by atomic mass is 9.68. The molecule has 0 unspecified atom stereocenters. The molecule has 6 nitrogen and oxygen atoms in total. The standard InChI is InChI=1S/C19H20N4O2/c1-13-11-21-16(12-20-13)18(25)23-8-6-19(7-9-23)10-17(24)22-15-5-3-2-4-14(15)19/h2-5,11-12H,6-10H2,1H3,(H,22,24). The second-order valence-electron chi connectivity index (χ2n) is 6.89. The highest BCUT2D eigenvalue weighted by Crippen LogP contribution is 2.44. The van der Waals surface area contributed by atoms with E-state index < -0.39 is 0 Å². The number of carbonyl (C=O) groups is 2. The predicted molar refractivity (Wildman–Crippen MR) is 93.3 cm³/mol. The first-order valence-electron chi connectivity index (χ1n) is 8.55. The molecular formula is C19H20N4O2. The maximum absolute atomic E-state index is 12.6. The van der Waals surface area contributed by atoms with E-state index in [0.29, 0.717) is 25.2 Å². The monoisotopic (exact) mass is 336 g/mol. The number of aryl methyl sites for hydroxylation is 1. The number of fused-ring (bicyclic) bond motifs is 2. The highest BCUT2D eigenvalue weighted by Gasteiger charge is 2.43. The van der Waals surface area contributed by atoms with Crippen molar-refractivity contribution >= 4 is 17.5 Å². The van der Waals surface area contributed by atoms with E-state index in [0.717, 1.165) is 24.2 Å². The van der Waals surface area contributed by atoms with Crippen LogP contribution in [0.4, 0.5) is 5.69 Å². The number of amides is 2. The number of benzene rings is 1. The molecule has 2 aliphatic heterocycles. The molecule has 4 rings (SSSR count). The van der Waals surface area contributed by atoms with E-state index in [-0.39, 0.29) is 17.2 Å². The Morgan fingerprint density at radius 2 is 1.92 bits per heavy atom. The van der Waals surface area contributed by atoms with Gasteiger partial charge in [0.15, 0.2) is 0 Å². The van der Waals surface area contributed by atoms with E-state index in [9.17, 15) is 9.59 Å². The van der Waals surface area contributed by atoms with Crippen molar-refractivity contribution in [2.75, 3.05) is 18.4 Å².